The number of ether oxygens (including phenoxy) is 1. The fraction of sp³-hybridized carbons (Fsp3) is 0.267. The van der Waals surface area contributed by atoms with Crippen LogP contribution in [0.3, 0.4) is 0 Å². The second kappa shape index (κ2) is 7.42. The summed E-state index contributed by atoms with van der Waals surface area (Å²) >= 11 is 0. The number of para-hydroxylation sites is 2. The molecule has 6 heteroatoms. The van der Waals surface area contributed by atoms with Crippen molar-refractivity contribution >= 4 is 17.2 Å². The molecule has 1 aromatic heterocycles. The Morgan fingerprint density at radius 1 is 1.24 bits per heavy atom. The summed E-state index contributed by atoms with van der Waals surface area (Å²) in [6.45, 7) is 0.0290. The minimum atomic E-state index is -2.85. The predicted octanol–water partition coefficient (Wildman–Crippen LogP) is 4.25. The molecule has 2 rings (SSSR count). The largest absolute Gasteiger partial charge is 0.433 e. The van der Waals surface area contributed by atoms with Crippen LogP contribution in [0, 0.1) is 0 Å². The number of hydrogen-bond donors (Lipinski definition) is 2. The second-order valence-electron chi connectivity index (χ2n) is 4.36. The molecule has 0 radical (unpaired) electrons. The fourth-order valence-corrected chi connectivity index (χ4v) is 1.78. The lowest BCUT2D eigenvalue weighted by Crippen LogP contribution is -2.05. The van der Waals surface area contributed by atoms with Crippen molar-refractivity contribution < 1.29 is 13.5 Å². The summed E-state index contributed by atoms with van der Waals surface area (Å²) in [5, 5.41) is 6.22. The number of aromatic nitrogens is 1. The lowest BCUT2D eigenvalue weighted by atomic mass is 10.2. The summed E-state index contributed by atoms with van der Waals surface area (Å²) in [5.74, 6) is 0.835. The van der Waals surface area contributed by atoms with Crippen molar-refractivity contribution in [2.45, 2.75) is 20.0 Å². The van der Waals surface area contributed by atoms with E-state index in [0.717, 1.165) is 24.5 Å². The Balaban J connectivity index is 2.14. The predicted molar refractivity (Wildman–Crippen MR) is 79.4 cm³/mol. The molecule has 0 unspecified atom stereocenters. The number of halogens is 2. The highest BCUT2D eigenvalue weighted by molar-refractivity contribution is 5.67. The first-order valence-corrected chi connectivity index (χ1v) is 6.70. The van der Waals surface area contributed by atoms with Crippen LogP contribution in [0.5, 0.6) is 5.75 Å². The van der Waals surface area contributed by atoms with Crippen molar-refractivity contribution in [3.63, 3.8) is 0 Å². The Kier molecular flexibility index (Phi) is 5.31. The highest BCUT2D eigenvalue weighted by atomic mass is 19.3. The van der Waals surface area contributed by atoms with Gasteiger partial charge in [0.1, 0.15) is 11.6 Å². The molecule has 112 valence electrons. The third-order valence-corrected chi connectivity index (χ3v) is 2.70. The minimum Gasteiger partial charge on any atom is -0.433 e. The van der Waals surface area contributed by atoms with E-state index in [1.807, 2.05) is 6.07 Å². The van der Waals surface area contributed by atoms with Gasteiger partial charge in [-0.05, 0) is 24.6 Å². The summed E-state index contributed by atoms with van der Waals surface area (Å²) in [7, 11) is 0. The summed E-state index contributed by atoms with van der Waals surface area (Å²) < 4.78 is 29.2. The molecule has 0 aliphatic heterocycles. The van der Waals surface area contributed by atoms with Gasteiger partial charge < -0.3 is 15.4 Å². The molecule has 1 aromatic carbocycles. The Morgan fingerprint density at radius 3 is 2.81 bits per heavy atom. The molecule has 0 aliphatic rings. The van der Waals surface area contributed by atoms with E-state index in [1.54, 1.807) is 30.5 Å². The highest BCUT2D eigenvalue weighted by Gasteiger charge is 2.09. The molecule has 2 N–H and O–H groups in total. The molecule has 0 amide bonds. The van der Waals surface area contributed by atoms with Gasteiger partial charge in [0.25, 0.3) is 0 Å². The zero-order valence-electron chi connectivity index (χ0n) is 11.6. The zero-order chi connectivity index (χ0) is 15.1. The molecule has 1 heterocycles. The van der Waals surface area contributed by atoms with Crippen LogP contribution in [0.4, 0.5) is 26.0 Å². The van der Waals surface area contributed by atoms with Crippen LogP contribution in [0.15, 0.2) is 42.6 Å². The van der Waals surface area contributed by atoms with Crippen LogP contribution in [0.1, 0.15) is 13.3 Å². The number of nitrogens with one attached hydrogen (secondary N) is 2. The smallest absolute Gasteiger partial charge is 0.387 e. The second-order valence-corrected chi connectivity index (χ2v) is 4.36. The average molecular weight is 293 g/mol. The lowest BCUT2D eigenvalue weighted by molar-refractivity contribution is -0.0493. The summed E-state index contributed by atoms with van der Waals surface area (Å²) in [6.07, 6.45) is 2.64. The maximum atomic E-state index is 12.4. The van der Waals surface area contributed by atoms with Crippen LogP contribution in [0.25, 0.3) is 0 Å². The number of benzene rings is 1. The molecule has 2 aromatic rings. The van der Waals surface area contributed by atoms with Gasteiger partial charge in [-0.3, -0.25) is 0 Å². The van der Waals surface area contributed by atoms with E-state index in [9.17, 15) is 8.78 Å². The van der Waals surface area contributed by atoms with E-state index in [0.29, 0.717) is 5.69 Å². The van der Waals surface area contributed by atoms with Crippen molar-refractivity contribution in [2.75, 3.05) is 17.2 Å². The third-order valence-electron chi connectivity index (χ3n) is 2.70. The summed E-state index contributed by atoms with van der Waals surface area (Å²) in [6, 6.07) is 10.1. The maximum Gasteiger partial charge on any atom is 0.387 e. The Labute approximate surface area is 122 Å². The molecule has 0 atom stereocenters. The average Bonchev–Trinajstić information content (AvgIpc) is 2.47. The normalized spacial score (nSPS) is 10.5. The number of rotatable bonds is 7. The molecule has 0 saturated heterocycles. The zero-order valence-corrected chi connectivity index (χ0v) is 11.6. The molecule has 0 bridgehead atoms. The van der Waals surface area contributed by atoms with Crippen molar-refractivity contribution in [3.8, 4) is 5.75 Å². The van der Waals surface area contributed by atoms with Crippen LogP contribution in [-0.4, -0.2) is 18.1 Å². The van der Waals surface area contributed by atoms with Gasteiger partial charge in [0.05, 0.1) is 5.69 Å². The van der Waals surface area contributed by atoms with E-state index in [2.05, 4.69) is 27.3 Å². The van der Waals surface area contributed by atoms with Crippen molar-refractivity contribution in [1.82, 2.24) is 4.98 Å². The number of hydrogen-bond acceptors (Lipinski definition) is 4. The topological polar surface area (TPSA) is 46.2 Å². The number of nitrogens with zero attached hydrogens (tertiary/aromatic N) is 1. The molecule has 4 nitrogen and oxygen atoms in total. The van der Waals surface area contributed by atoms with Crippen LogP contribution in [-0.2, 0) is 0 Å². The molecular weight excluding hydrogens is 276 g/mol. The standard InChI is InChI=1S/C15H17F2N3O/c1-2-8-18-14-10-11(7-9-19-14)20-12-5-3-4-6-13(12)21-15(16)17/h3-7,9-10,15H,2,8H2,1H3,(H2,18,19,20). The Hall–Kier alpha value is -2.37. The number of alkyl halides is 2. The molecule has 0 spiro atoms. The molecular formula is C15H17F2N3O. The molecule has 0 aliphatic carbocycles. The Bertz CT molecular complexity index is 578. The lowest BCUT2D eigenvalue weighted by Gasteiger charge is -2.13. The highest BCUT2D eigenvalue weighted by Crippen LogP contribution is 2.29. The molecule has 21 heavy (non-hydrogen) atoms. The first-order chi connectivity index (χ1) is 10.2. The Morgan fingerprint density at radius 2 is 2.05 bits per heavy atom. The monoisotopic (exact) mass is 293 g/mol. The van der Waals surface area contributed by atoms with E-state index in [4.69, 9.17) is 0 Å². The van der Waals surface area contributed by atoms with Crippen molar-refractivity contribution in [1.29, 1.82) is 0 Å². The quantitative estimate of drug-likeness (QED) is 0.801. The SMILES string of the molecule is CCCNc1cc(Nc2ccccc2OC(F)F)ccn1. The summed E-state index contributed by atoms with van der Waals surface area (Å²) in [5.41, 5.74) is 1.22. The first kappa shape index (κ1) is 15.0. The van der Waals surface area contributed by atoms with E-state index < -0.39 is 6.61 Å². The van der Waals surface area contributed by atoms with Gasteiger partial charge in [-0.1, -0.05) is 19.1 Å². The van der Waals surface area contributed by atoms with Gasteiger partial charge in [-0.2, -0.15) is 8.78 Å². The van der Waals surface area contributed by atoms with Crippen LogP contribution < -0.4 is 15.4 Å². The van der Waals surface area contributed by atoms with Gasteiger partial charge in [0, 0.05) is 24.5 Å². The van der Waals surface area contributed by atoms with Crippen molar-refractivity contribution in [2.24, 2.45) is 0 Å². The fourth-order valence-electron chi connectivity index (χ4n) is 1.78. The molecule has 0 saturated carbocycles. The van der Waals surface area contributed by atoms with Gasteiger partial charge in [0.2, 0.25) is 0 Å². The molecule has 0 fully saturated rings. The van der Waals surface area contributed by atoms with Crippen LogP contribution >= 0.6 is 0 Å². The number of anilines is 3. The van der Waals surface area contributed by atoms with Gasteiger partial charge >= 0.3 is 6.61 Å². The van der Waals surface area contributed by atoms with Crippen LogP contribution in [0.2, 0.25) is 0 Å². The van der Waals surface area contributed by atoms with E-state index >= 15 is 0 Å². The van der Waals surface area contributed by atoms with E-state index in [-0.39, 0.29) is 5.75 Å². The van der Waals surface area contributed by atoms with Gasteiger partial charge in [-0.15, -0.1) is 0 Å². The van der Waals surface area contributed by atoms with Crippen molar-refractivity contribution in [3.05, 3.63) is 42.6 Å². The maximum absolute atomic E-state index is 12.4. The van der Waals surface area contributed by atoms with Gasteiger partial charge in [0.15, 0.2) is 0 Å². The first-order valence-electron chi connectivity index (χ1n) is 6.70. The number of pyridine rings is 1. The third kappa shape index (κ3) is 4.59. The minimum absolute atomic E-state index is 0.104. The summed E-state index contributed by atoms with van der Waals surface area (Å²) in [4.78, 5) is 4.19. The van der Waals surface area contributed by atoms with E-state index in [1.165, 1.54) is 6.07 Å². The van der Waals surface area contributed by atoms with Gasteiger partial charge in [-0.25, -0.2) is 4.98 Å².